The Balaban J connectivity index is 2.05. The Hall–Kier alpha value is -3.62. The van der Waals surface area contributed by atoms with Crippen LogP contribution in [-0.4, -0.2) is 43.9 Å². The lowest BCUT2D eigenvalue weighted by Gasteiger charge is -2.38. The molecule has 0 fully saturated rings. The molecule has 0 aromatic heterocycles. The molecule has 1 atom stereocenters. The topological polar surface area (TPSA) is 125 Å². The van der Waals surface area contributed by atoms with E-state index in [0.717, 1.165) is 0 Å². The number of benzene rings is 1. The largest absolute Gasteiger partial charge is 0.468 e. The van der Waals surface area contributed by atoms with Gasteiger partial charge in [-0.25, -0.2) is 4.79 Å². The minimum absolute atomic E-state index is 0.0350. The number of nitrogens with zero attached hydrogens (tertiary/aromatic N) is 1. The average molecular weight is 426 g/mol. The Labute approximate surface area is 178 Å². The summed E-state index contributed by atoms with van der Waals surface area (Å²) in [6.07, 6.45) is 1.13. The molecule has 2 N–H and O–H groups in total. The van der Waals surface area contributed by atoms with Gasteiger partial charge in [0.1, 0.15) is 23.3 Å². The van der Waals surface area contributed by atoms with Crippen LogP contribution in [0.15, 0.2) is 47.1 Å². The number of para-hydroxylation sites is 1. The van der Waals surface area contributed by atoms with Crippen molar-refractivity contribution in [3.8, 4) is 0 Å². The van der Waals surface area contributed by atoms with E-state index in [2.05, 4.69) is 0 Å². The van der Waals surface area contributed by atoms with Crippen LogP contribution in [0.2, 0.25) is 0 Å². The first kappa shape index (κ1) is 20.6. The van der Waals surface area contributed by atoms with Gasteiger partial charge >= 0.3 is 11.9 Å². The molecule has 0 radical (unpaired) electrons. The number of Topliss-reactive ketones (excluding diaryl/α,β-unsaturated/α-hetero) is 1. The zero-order valence-corrected chi connectivity index (χ0v) is 17.2. The van der Waals surface area contributed by atoms with Gasteiger partial charge in [0.15, 0.2) is 5.78 Å². The third-order valence-corrected chi connectivity index (χ3v) is 5.75. The predicted molar refractivity (Wildman–Crippen MR) is 107 cm³/mol. The number of hydrogen-bond donors (Lipinski definition) is 1. The van der Waals surface area contributed by atoms with Gasteiger partial charge in [0.2, 0.25) is 11.8 Å². The lowest BCUT2D eigenvalue weighted by Crippen LogP contribution is -2.52. The predicted octanol–water partition coefficient (Wildman–Crippen LogP) is 1.21. The normalized spacial score (nSPS) is 22.3. The number of nitrogens with two attached hydrogens (primary N) is 1. The van der Waals surface area contributed by atoms with Crippen molar-refractivity contribution in [3.63, 3.8) is 0 Å². The summed E-state index contributed by atoms with van der Waals surface area (Å²) >= 11 is 0. The minimum Gasteiger partial charge on any atom is -0.468 e. The number of carbonyl (C=O) groups excluding carboxylic acids is 4. The average Bonchev–Trinajstić information content (AvgIpc) is 2.97. The second-order valence-electron chi connectivity index (χ2n) is 7.37. The number of methoxy groups -OCH3 is 1. The van der Waals surface area contributed by atoms with E-state index in [9.17, 15) is 19.2 Å². The van der Waals surface area contributed by atoms with Crippen molar-refractivity contribution < 1.29 is 33.4 Å². The van der Waals surface area contributed by atoms with Gasteiger partial charge < -0.3 is 19.9 Å². The molecule has 1 amide bonds. The number of hydrogen-bond acceptors (Lipinski definition) is 8. The number of amides is 1. The first-order valence-electron chi connectivity index (χ1n) is 9.98. The van der Waals surface area contributed by atoms with Crippen molar-refractivity contribution in [3.05, 3.63) is 52.6 Å². The number of esters is 2. The van der Waals surface area contributed by atoms with Crippen LogP contribution in [0.4, 0.5) is 5.69 Å². The van der Waals surface area contributed by atoms with E-state index in [0.29, 0.717) is 24.1 Å². The molecule has 1 aromatic rings. The number of allylic oxidation sites excluding steroid dienone is 1. The Bertz CT molecular complexity index is 1070. The highest BCUT2D eigenvalue weighted by atomic mass is 16.5. The molecule has 0 saturated heterocycles. The SMILES string of the molecule is CCOC(=O)C1=C(N)OC2=C(C(=O)CCC2)C12C(=O)N(CC(=O)OC)c1ccccc12. The molecule has 4 rings (SSSR count). The minimum atomic E-state index is -1.84. The first-order valence-corrected chi connectivity index (χ1v) is 9.98. The van der Waals surface area contributed by atoms with Crippen LogP contribution in [0.3, 0.4) is 0 Å². The summed E-state index contributed by atoms with van der Waals surface area (Å²) in [5.41, 5.74) is 4.92. The Morgan fingerprint density at radius 2 is 1.97 bits per heavy atom. The van der Waals surface area contributed by atoms with E-state index in [4.69, 9.17) is 19.9 Å². The van der Waals surface area contributed by atoms with Crippen molar-refractivity contribution in [2.24, 2.45) is 5.73 Å². The monoisotopic (exact) mass is 426 g/mol. The molecule has 1 aliphatic carbocycles. The molecule has 2 aliphatic heterocycles. The molecule has 31 heavy (non-hydrogen) atoms. The number of ketones is 1. The third-order valence-electron chi connectivity index (χ3n) is 5.75. The zero-order valence-electron chi connectivity index (χ0n) is 17.2. The van der Waals surface area contributed by atoms with Gasteiger partial charge in [-0.1, -0.05) is 18.2 Å². The van der Waals surface area contributed by atoms with Gasteiger partial charge in [-0.2, -0.15) is 0 Å². The fourth-order valence-electron chi connectivity index (χ4n) is 4.57. The fraction of sp³-hybridized carbons (Fsp3) is 0.364. The molecule has 1 unspecified atom stereocenters. The van der Waals surface area contributed by atoms with Crippen LogP contribution in [0.25, 0.3) is 0 Å². The molecule has 0 saturated carbocycles. The summed E-state index contributed by atoms with van der Waals surface area (Å²) in [6, 6.07) is 6.68. The number of rotatable bonds is 4. The summed E-state index contributed by atoms with van der Waals surface area (Å²) in [5, 5.41) is 0. The fourth-order valence-corrected chi connectivity index (χ4v) is 4.57. The Kier molecular flexibility index (Phi) is 5.04. The summed E-state index contributed by atoms with van der Waals surface area (Å²) in [4.78, 5) is 53.5. The molecule has 3 aliphatic rings. The lowest BCUT2D eigenvalue weighted by molar-refractivity contribution is -0.141. The van der Waals surface area contributed by atoms with Crippen LogP contribution in [0.1, 0.15) is 31.7 Å². The van der Waals surface area contributed by atoms with Crippen molar-refractivity contribution in [2.75, 3.05) is 25.2 Å². The highest BCUT2D eigenvalue weighted by Gasteiger charge is 2.64. The standard InChI is InChI=1S/C22H22N2O7/c1-3-30-20(27)18-19(23)31-15-10-6-9-14(25)17(15)22(18)12-7-4-5-8-13(12)24(21(22)28)11-16(26)29-2/h4-5,7-8H,3,6,9-11,23H2,1-2H3. The molecule has 9 heteroatoms. The second kappa shape index (κ2) is 7.57. The van der Waals surface area contributed by atoms with Crippen LogP contribution in [0, 0.1) is 0 Å². The second-order valence-corrected chi connectivity index (χ2v) is 7.37. The van der Waals surface area contributed by atoms with Crippen LogP contribution in [0.5, 0.6) is 0 Å². The number of anilines is 1. The molecule has 162 valence electrons. The third kappa shape index (κ3) is 2.83. The van der Waals surface area contributed by atoms with Crippen molar-refractivity contribution >= 4 is 29.3 Å². The molecule has 1 aromatic carbocycles. The Morgan fingerprint density at radius 3 is 2.68 bits per heavy atom. The summed E-state index contributed by atoms with van der Waals surface area (Å²) in [5.74, 6) is -2.46. The van der Waals surface area contributed by atoms with Crippen molar-refractivity contribution in [1.82, 2.24) is 0 Å². The van der Waals surface area contributed by atoms with E-state index in [1.54, 1.807) is 31.2 Å². The molecular formula is C22H22N2O7. The molecule has 9 nitrogen and oxygen atoms in total. The number of fused-ring (bicyclic) bond motifs is 3. The van der Waals surface area contributed by atoms with Crippen LogP contribution < -0.4 is 10.6 Å². The van der Waals surface area contributed by atoms with Crippen molar-refractivity contribution in [2.45, 2.75) is 31.6 Å². The maximum atomic E-state index is 14.0. The van der Waals surface area contributed by atoms with Crippen LogP contribution in [-0.2, 0) is 38.8 Å². The smallest absolute Gasteiger partial charge is 0.341 e. The quantitative estimate of drug-likeness (QED) is 0.713. The number of carbonyl (C=O) groups is 4. The molecule has 2 heterocycles. The highest BCUT2D eigenvalue weighted by Crippen LogP contribution is 2.56. The van der Waals surface area contributed by atoms with E-state index < -0.39 is 23.3 Å². The van der Waals surface area contributed by atoms with Gasteiger partial charge in [-0.15, -0.1) is 0 Å². The molecule has 1 spiro atoms. The lowest BCUT2D eigenvalue weighted by atomic mass is 9.64. The summed E-state index contributed by atoms with van der Waals surface area (Å²) in [6.45, 7) is 1.27. The van der Waals surface area contributed by atoms with Crippen molar-refractivity contribution in [1.29, 1.82) is 0 Å². The van der Waals surface area contributed by atoms with E-state index >= 15 is 0 Å². The zero-order chi connectivity index (χ0) is 22.3. The van der Waals surface area contributed by atoms with Gasteiger partial charge in [0.05, 0.1) is 19.3 Å². The number of ether oxygens (including phenoxy) is 3. The van der Waals surface area contributed by atoms with Gasteiger partial charge in [0.25, 0.3) is 0 Å². The maximum Gasteiger partial charge on any atom is 0.341 e. The van der Waals surface area contributed by atoms with E-state index in [-0.39, 0.29) is 48.1 Å². The first-order chi connectivity index (χ1) is 14.9. The molecular weight excluding hydrogens is 404 g/mol. The van der Waals surface area contributed by atoms with Gasteiger partial charge in [-0.3, -0.25) is 19.3 Å². The summed E-state index contributed by atoms with van der Waals surface area (Å²) in [7, 11) is 1.21. The van der Waals surface area contributed by atoms with Gasteiger partial charge in [0, 0.05) is 24.1 Å². The van der Waals surface area contributed by atoms with Crippen LogP contribution >= 0.6 is 0 Å². The summed E-state index contributed by atoms with van der Waals surface area (Å²) < 4.78 is 15.6. The highest BCUT2D eigenvalue weighted by molar-refractivity contribution is 6.24. The van der Waals surface area contributed by atoms with E-state index in [1.165, 1.54) is 12.0 Å². The maximum absolute atomic E-state index is 14.0. The Morgan fingerprint density at radius 1 is 1.23 bits per heavy atom. The van der Waals surface area contributed by atoms with E-state index in [1.807, 2.05) is 0 Å². The van der Waals surface area contributed by atoms with Gasteiger partial charge in [-0.05, 0) is 19.4 Å². The molecule has 0 bridgehead atoms.